The zero-order chi connectivity index (χ0) is 9.30. The molecule has 0 unspecified atom stereocenters. The second-order valence-corrected chi connectivity index (χ2v) is 2.50. The zero-order valence-corrected chi connectivity index (χ0v) is 8.39. The fraction of sp³-hybridized carbons (Fsp3) is 0.429. The summed E-state index contributed by atoms with van der Waals surface area (Å²) in [4.78, 5) is 14.8. The number of hydrogen-bond donors (Lipinski definition) is 2. The Labute approximate surface area is 82.5 Å². The van der Waals surface area contributed by atoms with E-state index in [-0.39, 0.29) is 18.2 Å². The molecule has 0 radical (unpaired) electrons. The van der Waals surface area contributed by atoms with E-state index in [1.54, 1.807) is 11.5 Å². The monoisotopic (exact) mass is 204 g/mol. The van der Waals surface area contributed by atoms with Crippen LogP contribution >= 0.6 is 12.4 Å². The van der Waals surface area contributed by atoms with Crippen LogP contribution in [0.25, 0.3) is 0 Å². The number of nitrogens with zero attached hydrogens (tertiary/aromatic N) is 2. The van der Waals surface area contributed by atoms with Crippen molar-refractivity contribution in [3.63, 3.8) is 0 Å². The molecule has 0 atom stereocenters. The summed E-state index contributed by atoms with van der Waals surface area (Å²) in [5.41, 5.74) is 10.9. The zero-order valence-electron chi connectivity index (χ0n) is 7.57. The van der Waals surface area contributed by atoms with Gasteiger partial charge in [-0.25, -0.2) is 4.98 Å². The first-order chi connectivity index (χ1) is 5.57. The number of anilines is 1. The molecule has 0 saturated heterocycles. The number of nitrogen functional groups attached to an aromatic ring is 1. The number of carbonyl (C=O) groups is 1. The second-order valence-electron chi connectivity index (χ2n) is 2.50. The molecule has 0 spiro atoms. The highest BCUT2D eigenvalue weighted by molar-refractivity contribution is 5.95. The lowest BCUT2D eigenvalue weighted by molar-refractivity contribution is 0.0992. The van der Waals surface area contributed by atoms with Crippen LogP contribution in [0.15, 0.2) is 0 Å². The number of amides is 1. The molecule has 1 aromatic rings. The van der Waals surface area contributed by atoms with E-state index >= 15 is 0 Å². The SMILES string of the molecule is CCn1c(C)nc(N)c1C(N)=O.Cl. The second kappa shape index (κ2) is 4.13. The van der Waals surface area contributed by atoms with Gasteiger partial charge in [0.1, 0.15) is 5.82 Å². The van der Waals surface area contributed by atoms with Crippen molar-refractivity contribution in [2.24, 2.45) is 5.73 Å². The minimum absolute atomic E-state index is 0. The molecule has 1 heterocycles. The minimum Gasteiger partial charge on any atom is -0.382 e. The van der Waals surface area contributed by atoms with Crippen molar-refractivity contribution in [2.45, 2.75) is 20.4 Å². The predicted octanol–water partition coefficient (Wildman–Crippen LogP) is 0.314. The van der Waals surface area contributed by atoms with Gasteiger partial charge in [0.2, 0.25) is 0 Å². The molecule has 74 valence electrons. The Bertz CT molecular complexity index is 321. The van der Waals surface area contributed by atoms with E-state index in [1.807, 2.05) is 6.92 Å². The normalized spacial score (nSPS) is 9.38. The fourth-order valence-electron chi connectivity index (χ4n) is 1.23. The third kappa shape index (κ3) is 1.92. The van der Waals surface area contributed by atoms with E-state index in [1.165, 1.54) is 0 Å². The molecule has 1 aromatic heterocycles. The van der Waals surface area contributed by atoms with Crippen molar-refractivity contribution in [3.05, 3.63) is 11.5 Å². The van der Waals surface area contributed by atoms with E-state index in [9.17, 15) is 4.79 Å². The molecule has 0 aliphatic heterocycles. The van der Waals surface area contributed by atoms with Crippen LogP contribution in [0, 0.1) is 6.92 Å². The predicted molar refractivity (Wildman–Crippen MR) is 52.8 cm³/mol. The highest BCUT2D eigenvalue weighted by Crippen LogP contribution is 2.12. The number of halogens is 1. The van der Waals surface area contributed by atoms with Gasteiger partial charge in [0.15, 0.2) is 11.5 Å². The molecule has 13 heavy (non-hydrogen) atoms. The van der Waals surface area contributed by atoms with E-state index < -0.39 is 5.91 Å². The summed E-state index contributed by atoms with van der Waals surface area (Å²) in [6.45, 7) is 4.33. The van der Waals surface area contributed by atoms with Gasteiger partial charge in [-0.15, -0.1) is 12.4 Å². The molecule has 0 aromatic carbocycles. The quantitative estimate of drug-likeness (QED) is 0.727. The third-order valence-corrected chi connectivity index (χ3v) is 1.74. The third-order valence-electron chi connectivity index (χ3n) is 1.74. The Hall–Kier alpha value is -1.23. The van der Waals surface area contributed by atoms with Crippen molar-refractivity contribution >= 4 is 24.1 Å². The lowest BCUT2D eigenvalue weighted by atomic mass is 10.4. The minimum atomic E-state index is -0.532. The summed E-state index contributed by atoms with van der Waals surface area (Å²) in [5, 5.41) is 0. The van der Waals surface area contributed by atoms with Gasteiger partial charge in [0.05, 0.1) is 0 Å². The Morgan fingerprint density at radius 2 is 2.15 bits per heavy atom. The van der Waals surface area contributed by atoms with E-state index in [0.717, 1.165) is 0 Å². The Morgan fingerprint density at radius 1 is 1.62 bits per heavy atom. The van der Waals surface area contributed by atoms with Gasteiger partial charge in [-0.2, -0.15) is 0 Å². The number of aryl methyl sites for hydroxylation is 1. The van der Waals surface area contributed by atoms with Gasteiger partial charge in [-0.1, -0.05) is 0 Å². The molecule has 4 N–H and O–H groups in total. The first-order valence-corrected chi connectivity index (χ1v) is 3.70. The van der Waals surface area contributed by atoms with Gasteiger partial charge in [-0.3, -0.25) is 4.79 Å². The van der Waals surface area contributed by atoms with Crippen molar-refractivity contribution < 1.29 is 4.79 Å². The smallest absolute Gasteiger partial charge is 0.269 e. The number of imidazole rings is 1. The molecule has 1 amide bonds. The van der Waals surface area contributed by atoms with Crippen LogP contribution < -0.4 is 11.5 Å². The van der Waals surface area contributed by atoms with Crippen LogP contribution in [0.5, 0.6) is 0 Å². The lowest BCUT2D eigenvalue weighted by Crippen LogP contribution is -2.18. The largest absolute Gasteiger partial charge is 0.382 e. The molecule has 5 nitrogen and oxygen atoms in total. The summed E-state index contributed by atoms with van der Waals surface area (Å²) in [7, 11) is 0. The molecule has 6 heteroatoms. The average molecular weight is 205 g/mol. The number of nitrogens with two attached hydrogens (primary N) is 2. The van der Waals surface area contributed by atoms with Crippen LogP contribution in [-0.4, -0.2) is 15.5 Å². The van der Waals surface area contributed by atoms with Crippen LogP contribution in [0.1, 0.15) is 23.2 Å². The maximum Gasteiger partial charge on any atom is 0.269 e. The van der Waals surface area contributed by atoms with Gasteiger partial charge in [0, 0.05) is 6.54 Å². The van der Waals surface area contributed by atoms with Crippen molar-refractivity contribution in [1.29, 1.82) is 0 Å². The number of carbonyl (C=O) groups excluding carboxylic acids is 1. The van der Waals surface area contributed by atoms with Gasteiger partial charge in [0.25, 0.3) is 5.91 Å². The summed E-state index contributed by atoms with van der Waals surface area (Å²) < 4.78 is 1.69. The number of rotatable bonds is 2. The molecule has 0 aliphatic rings. The lowest BCUT2D eigenvalue weighted by Gasteiger charge is -2.02. The van der Waals surface area contributed by atoms with Gasteiger partial charge in [-0.05, 0) is 13.8 Å². The molecule has 0 saturated carbocycles. The van der Waals surface area contributed by atoms with Crippen LogP contribution in [0.3, 0.4) is 0 Å². The van der Waals surface area contributed by atoms with E-state index in [0.29, 0.717) is 18.1 Å². The topological polar surface area (TPSA) is 86.9 Å². The molecule has 1 rings (SSSR count). The highest BCUT2D eigenvalue weighted by Gasteiger charge is 2.15. The van der Waals surface area contributed by atoms with Crippen LogP contribution in [0.2, 0.25) is 0 Å². The van der Waals surface area contributed by atoms with Crippen molar-refractivity contribution in [1.82, 2.24) is 9.55 Å². The summed E-state index contributed by atoms with van der Waals surface area (Å²) in [6, 6.07) is 0. The maximum atomic E-state index is 10.9. The molecular weight excluding hydrogens is 192 g/mol. The Balaban J connectivity index is 0.00000144. The van der Waals surface area contributed by atoms with Crippen LogP contribution in [-0.2, 0) is 6.54 Å². The standard InChI is InChI=1S/C7H12N4O.ClH/c1-3-11-4(2)10-6(8)5(11)7(9)12;/h3,8H2,1-2H3,(H2,9,12);1H. The summed E-state index contributed by atoms with van der Waals surface area (Å²) in [5.74, 6) is 0.389. The number of hydrogen-bond acceptors (Lipinski definition) is 3. The summed E-state index contributed by atoms with van der Waals surface area (Å²) >= 11 is 0. The highest BCUT2D eigenvalue weighted by atomic mass is 35.5. The Morgan fingerprint density at radius 3 is 2.46 bits per heavy atom. The average Bonchev–Trinajstić information content (AvgIpc) is 2.24. The van der Waals surface area contributed by atoms with Crippen molar-refractivity contribution in [2.75, 3.05) is 5.73 Å². The number of primary amides is 1. The van der Waals surface area contributed by atoms with E-state index in [2.05, 4.69) is 4.98 Å². The fourth-order valence-corrected chi connectivity index (χ4v) is 1.23. The molecule has 0 bridgehead atoms. The maximum absolute atomic E-state index is 10.9. The molecular formula is C7H13ClN4O. The summed E-state index contributed by atoms with van der Waals surface area (Å²) in [6.07, 6.45) is 0. The van der Waals surface area contributed by atoms with Crippen LogP contribution in [0.4, 0.5) is 5.82 Å². The first kappa shape index (κ1) is 11.8. The Kier molecular flexibility index (Phi) is 3.74. The molecule has 0 aliphatic carbocycles. The molecule has 0 fully saturated rings. The van der Waals surface area contributed by atoms with Crippen molar-refractivity contribution in [3.8, 4) is 0 Å². The van der Waals surface area contributed by atoms with Gasteiger partial charge >= 0.3 is 0 Å². The number of aromatic nitrogens is 2. The van der Waals surface area contributed by atoms with E-state index in [4.69, 9.17) is 11.5 Å². The van der Waals surface area contributed by atoms with Gasteiger partial charge < -0.3 is 16.0 Å². The first-order valence-electron chi connectivity index (χ1n) is 3.70.